The van der Waals surface area contributed by atoms with E-state index in [0.29, 0.717) is 4.91 Å². The van der Waals surface area contributed by atoms with Gasteiger partial charge in [-0.1, -0.05) is 36.1 Å². The topological polar surface area (TPSA) is 60.9 Å². The third-order valence-corrected chi connectivity index (χ3v) is 6.16. The van der Waals surface area contributed by atoms with E-state index in [1.807, 2.05) is 6.07 Å². The molecule has 1 aromatic rings. The summed E-state index contributed by atoms with van der Waals surface area (Å²) in [7, 11) is 0. The Morgan fingerprint density at radius 3 is 2.70 bits per heavy atom. The number of hydrogen-bond donors (Lipinski definition) is 1. The molecule has 0 atom stereocenters. The zero-order valence-electron chi connectivity index (χ0n) is 15.8. The molecular formula is C20H22N2O3S2. The van der Waals surface area contributed by atoms with Crippen molar-refractivity contribution in [1.29, 1.82) is 0 Å². The van der Waals surface area contributed by atoms with Crippen LogP contribution in [0, 0.1) is 0 Å². The van der Waals surface area contributed by atoms with Crippen molar-refractivity contribution in [3.8, 4) is 0 Å². The molecule has 1 amide bonds. The highest BCUT2D eigenvalue weighted by Gasteiger charge is 2.34. The Kier molecular flexibility index (Phi) is 5.18. The van der Waals surface area contributed by atoms with Crippen LogP contribution in [0.4, 0.5) is 5.69 Å². The van der Waals surface area contributed by atoms with Crippen LogP contribution >= 0.6 is 24.0 Å². The maximum absolute atomic E-state index is 12.5. The van der Waals surface area contributed by atoms with E-state index in [1.165, 1.54) is 11.3 Å². The summed E-state index contributed by atoms with van der Waals surface area (Å²) in [6.07, 6.45) is 4.04. The van der Waals surface area contributed by atoms with Gasteiger partial charge in [-0.3, -0.25) is 14.5 Å². The lowest BCUT2D eigenvalue weighted by Gasteiger charge is -2.42. The number of amides is 1. The van der Waals surface area contributed by atoms with Gasteiger partial charge < -0.3 is 10.0 Å². The number of carboxylic acids is 1. The number of aliphatic carboxylic acids is 1. The predicted molar refractivity (Wildman–Crippen MR) is 115 cm³/mol. The number of hydrogen-bond acceptors (Lipinski definition) is 5. The van der Waals surface area contributed by atoms with Crippen LogP contribution in [-0.2, 0) is 9.59 Å². The molecule has 0 aromatic heterocycles. The number of thiocarbonyl (C=S) groups is 1. The largest absolute Gasteiger partial charge is 0.480 e. The Morgan fingerprint density at radius 2 is 2.07 bits per heavy atom. The number of carbonyl (C=O) groups excluding carboxylic acids is 1. The zero-order chi connectivity index (χ0) is 19.9. The molecular weight excluding hydrogens is 380 g/mol. The Hall–Kier alpha value is -2.12. The number of rotatable bonds is 4. The van der Waals surface area contributed by atoms with Crippen LogP contribution in [0.1, 0.15) is 38.8 Å². The fourth-order valence-electron chi connectivity index (χ4n) is 3.69. The summed E-state index contributed by atoms with van der Waals surface area (Å²) in [5, 5.41) is 8.94. The van der Waals surface area contributed by atoms with Gasteiger partial charge in [-0.25, -0.2) is 0 Å². The van der Waals surface area contributed by atoms with Gasteiger partial charge in [-0.05, 0) is 57.0 Å². The van der Waals surface area contributed by atoms with Crippen molar-refractivity contribution in [2.24, 2.45) is 0 Å². The second kappa shape index (κ2) is 7.13. The Morgan fingerprint density at radius 1 is 1.37 bits per heavy atom. The van der Waals surface area contributed by atoms with E-state index < -0.39 is 12.5 Å². The number of anilines is 1. The standard InChI is InChI=1S/C20H22N2O3S2/c1-5-22-15-7-6-13(8-14(15)12(2)10-20(22,3)4)9-16-18(25)21(11-17(23)24)19(26)27-16/h6-10H,5,11H2,1-4H3,(H,23,24)/b16-9-. The van der Waals surface area contributed by atoms with Crippen LogP contribution in [0.2, 0.25) is 0 Å². The second-order valence-corrected chi connectivity index (χ2v) is 8.84. The van der Waals surface area contributed by atoms with Crippen LogP contribution in [0.15, 0.2) is 29.2 Å². The quantitative estimate of drug-likeness (QED) is 0.607. The van der Waals surface area contributed by atoms with Gasteiger partial charge in [0.25, 0.3) is 5.91 Å². The smallest absolute Gasteiger partial charge is 0.323 e. The fourth-order valence-corrected chi connectivity index (χ4v) is 4.95. The molecule has 7 heteroatoms. The molecule has 2 aliphatic heterocycles. The summed E-state index contributed by atoms with van der Waals surface area (Å²) in [5.41, 5.74) is 4.37. The highest BCUT2D eigenvalue weighted by atomic mass is 32.2. The van der Waals surface area contributed by atoms with Crippen LogP contribution in [0.3, 0.4) is 0 Å². The van der Waals surface area contributed by atoms with E-state index in [2.05, 4.69) is 50.8 Å². The molecule has 0 bridgehead atoms. The summed E-state index contributed by atoms with van der Waals surface area (Å²) in [5.74, 6) is -1.43. The van der Waals surface area contributed by atoms with Gasteiger partial charge in [-0.15, -0.1) is 0 Å². The number of allylic oxidation sites excluding steroid dienone is 1. The Bertz CT molecular complexity index is 902. The number of carboxylic acid groups (broad SMARTS) is 1. The second-order valence-electron chi connectivity index (χ2n) is 7.16. The highest BCUT2D eigenvalue weighted by Crippen LogP contribution is 2.40. The first-order valence-electron chi connectivity index (χ1n) is 8.72. The lowest BCUT2D eigenvalue weighted by molar-refractivity contribution is -0.140. The van der Waals surface area contributed by atoms with Gasteiger partial charge in [0, 0.05) is 17.8 Å². The SMILES string of the molecule is CCN1c2ccc(/C=C3\SC(=S)N(CC(=O)O)C3=O)cc2C(C)=CC1(C)C. The summed E-state index contributed by atoms with van der Waals surface area (Å²) >= 11 is 6.29. The highest BCUT2D eigenvalue weighted by molar-refractivity contribution is 8.26. The predicted octanol–water partition coefficient (Wildman–Crippen LogP) is 3.99. The van der Waals surface area contributed by atoms with Crippen molar-refractivity contribution in [2.75, 3.05) is 18.0 Å². The average molecular weight is 403 g/mol. The summed E-state index contributed by atoms with van der Waals surface area (Å²) in [6, 6.07) is 6.14. The molecule has 27 heavy (non-hydrogen) atoms. The molecule has 0 unspecified atom stereocenters. The van der Waals surface area contributed by atoms with E-state index in [9.17, 15) is 9.59 Å². The van der Waals surface area contributed by atoms with E-state index >= 15 is 0 Å². The third-order valence-electron chi connectivity index (χ3n) is 4.78. The molecule has 0 spiro atoms. The number of fused-ring (bicyclic) bond motifs is 1. The summed E-state index contributed by atoms with van der Waals surface area (Å²) < 4.78 is 0.279. The molecule has 2 aliphatic rings. The van der Waals surface area contributed by atoms with Crippen molar-refractivity contribution in [3.63, 3.8) is 0 Å². The lowest BCUT2D eigenvalue weighted by atomic mass is 9.88. The monoisotopic (exact) mass is 402 g/mol. The Labute approximate surface area is 168 Å². The van der Waals surface area contributed by atoms with Crippen molar-refractivity contribution >= 4 is 57.5 Å². The number of nitrogens with zero attached hydrogens (tertiary/aromatic N) is 2. The van der Waals surface area contributed by atoms with E-state index in [0.717, 1.165) is 34.3 Å². The molecule has 2 heterocycles. The minimum Gasteiger partial charge on any atom is -0.480 e. The van der Waals surface area contributed by atoms with Crippen molar-refractivity contribution in [1.82, 2.24) is 4.90 Å². The van der Waals surface area contributed by atoms with Crippen molar-refractivity contribution < 1.29 is 14.7 Å². The van der Waals surface area contributed by atoms with Gasteiger partial charge in [0.15, 0.2) is 0 Å². The molecule has 1 fully saturated rings. The zero-order valence-corrected chi connectivity index (χ0v) is 17.4. The Balaban J connectivity index is 1.96. The molecule has 0 saturated carbocycles. The minimum absolute atomic E-state index is 0.0490. The van der Waals surface area contributed by atoms with E-state index in [4.69, 9.17) is 17.3 Å². The van der Waals surface area contributed by atoms with Gasteiger partial charge in [0.2, 0.25) is 0 Å². The lowest BCUT2D eigenvalue weighted by Crippen LogP contribution is -2.44. The summed E-state index contributed by atoms with van der Waals surface area (Å²) in [6.45, 7) is 9.13. The molecule has 3 rings (SSSR count). The minimum atomic E-state index is -1.08. The van der Waals surface area contributed by atoms with Gasteiger partial charge in [0.1, 0.15) is 10.9 Å². The van der Waals surface area contributed by atoms with Crippen molar-refractivity contribution in [2.45, 2.75) is 33.2 Å². The molecule has 0 aliphatic carbocycles. The number of carbonyl (C=O) groups is 2. The normalized spacial score (nSPS) is 20.1. The number of likely N-dealkylation sites (N-methyl/N-ethyl adjacent to an activating group) is 1. The van der Waals surface area contributed by atoms with Crippen LogP contribution in [-0.4, -0.2) is 44.8 Å². The third kappa shape index (κ3) is 3.66. The maximum Gasteiger partial charge on any atom is 0.323 e. The van der Waals surface area contributed by atoms with Gasteiger partial charge in [-0.2, -0.15) is 0 Å². The van der Waals surface area contributed by atoms with Crippen LogP contribution in [0.5, 0.6) is 0 Å². The number of benzene rings is 1. The van der Waals surface area contributed by atoms with Crippen molar-refractivity contribution in [3.05, 3.63) is 40.3 Å². The maximum atomic E-state index is 12.5. The number of thioether (sulfide) groups is 1. The first-order valence-corrected chi connectivity index (χ1v) is 9.95. The molecule has 0 radical (unpaired) electrons. The molecule has 1 N–H and O–H groups in total. The van der Waals surface area contributed by atoms with Crippen LogP contribution in [0.25, 0.3) is 11.6 Å². The molecule has 1 aromatic carbocycles. The van der Waals surface area contributed by atoms with E-state index in [1.54, 1.807) is 6.08 Å². The molecule has 5 nitrogen and oxygen atoms in total. The molecule has 1 saturated heterocycles. The fraction of sp³-hybridized carbons (Fsp3) is 0.350. The van der Waals surface area contributed by atoms with E-state index in [-0.39, 0.29) is 15.8 Å². The van der Waals surface area contributed by atoms with Gasteiger partial charge in [0.05, 0.1) is 10.4 Å². The van der Waals surface area contributed by atoms with Gasteiger partial charge >= 0.3 is 5.97 Å². The first-order chi connectivity index (χ1) is 12.6. The van der Waals surface area contributed by atoms with Crippen LogP contribution < -0.4 is 4.90 Å². The summed E-state index contributed by atoms with van der Waals surface area (Å²) in [4.78, 5) is 27.3. The molecule has 142 valence electrons. The first kappa shape index (κ1) is 19.6. The average Bonchev–Trinajstić information content (AvgIpc) is 2.82.